The third kappa shape index (κ3) is 2.61. The van der Waals surface area contributed by atoms with Crippen LogP contribution in [0.4, 0.5) is 0 Å². The van der Waals surface area contributed by atoms with Gasteiger partial charge in [0.2, 0.25) is 5.88 Å². The van der Waals surface area contributed by atoms with E-state index in [1.54, 1.807) is 17.7 Å². The van der Waals surface area contributed by atoms with Gasteiger partial charge in [-0.05, 0) is 28.5 Å². The summed E-state index contributed by atoms with van der Waals surface area (Å²) in [6.45, 7) is 0. The molecule has 0 unspecified atom stereocenters. The van der Waals surface area contributed by atoms with Gasteiger partial charge in [0.25, 0.3) is 0 Å². The van der Waals surface area contributed by atoms with Crippen LogP contribution in [-0.2, 0) is 0 Å². The zero-order valence-electron chi connectivity index (χ0n) is 13.8. The van der Waals surface area contributed by atoms with Crippen molar-refractivity contribution in [2.75, 3.05) is 0 Å². The van der Waals surface area contributed by atoms with Crippen LogP contribution < -0.4 is 4.74 Å². The van der Waals surface area contributed by atoms with Crippen molar-refractivity contribution < 1.29 is 4.74 Å². The SMILES string of the molecule is c1ccc(-c2csc3ncnc(Oc4ccc5ccccc5c4)c23)cc1. The molecule has 0 spiro atoms. The van der Waals surface area contributed by atoms with Crippen molar-refractivity contribution in [1.82, 2.24) is 9.97 Å². The Kier molecular flexibility index (Phi) is 3.61. The standard InChI is InChI=1S/C22H14N2OS/c1-2-7-16(8-3-1)19-13-26-22-20(19)21(23-14-24-22)25-18-11-10-15-6-4-5-9-17(15)12-18/h1-14H. The van der Waals surface area contributed by atoms with E-state index in [2.05, 4.69) is 45.7 Å². The van der Waals surface area contributed by atoms with Gasteiger partial charge in [0, 0.05) is 10.9 Å². The lowest BCUT2D eigenvalue weighted by Crippen LogP contribution is -1.91. The minimum Gasteiger partial charge on any atom is -0.438 e. The second kappa shape index (κ2) is 6.24. The van der Waals surface area contributed by atoms with Gasteiger partial charge >= 0.3 is 0 Å². The summed E-state index contributed by atoms with van der Waals surface area (Å²) < 4.78 is 6.18. The fourth-order valence-electron chi connectivity index (χ4n) is 3.10. The predicted octanol–water partition coefficient (Wildman–Crippen LogP) is 6.30. The highest BCUT2D eigenvalue weighted by molar-refractivity contribution is 7.17. The molecule has 0 radical (unpaired) electrons. The molecule has 0 saturated carbocycles. The molecular formula is C22H14N2OS. The Balaban J connectivity index is 1.63. The fourth-order valence-corrected chi connectivity index (χ4v) is 4.00. The van der Waals surface area contributed by atoms with Crippen LogP contribution in [0.5, 0.6) is 11.6 Å². The predicted molar refractivity (Wildman–Crippen MR) is 107 cm³/mol. The van der Waals surface area contributed by atoms with E-state index in [1.165, 1.54) is 5.39 Å². The van der Waals surface area contributed by atoms with Crippen LogP contribution in [0.15, 0.2) is 84.5 Å². The van der Waals surface area contributed by atoms with Gasteiger partial charge in [0.1, 0.15) is 16.9 Å². The van der Waals surface area contributed by atoms with Crippen molar-refractivity contribution in [1.29, 1.82) is 0 Å². The smallest absolute Gasteiger partial charge is 0.231 e. The van der Waals surface area contributed by atoms with Gasteiger partial charge in [-0.15, -0.1) is 11.3 Å². The van der Waals surface area contributed by atoms with E-state index in [0.29, 0.717) is 5.88 Å². The van der Waals surface area contributed by atoms with E-state index >= 15 is 0 Å². The maximum Gasteiger partial charge on any atom is 0.231 e. The van der Waals surface area contributed by atoms with Crippen LogP contribution in [0.1, 0.15) is 0 Å². The lowest BCUT2D eigenvalue weighted by Gasteiger charge is -2.08. The Morgan fingerprint density at radius 2 is 1.58 bits per heavy atom. The van der Waals surface area contributed by atoms with Gasteiger partial charge in [-0.3, -0.25) is 0 Å². The number of fused-ring (bicyclic) bond motifs is 2. The first-order valence-corrected chi connectivity index (χ1v) is 9.21. The molecule has 0 amide bonds. The average Bonchev–Trinajstić information content (AvgIpc) is 3.14. The number of hydrogen-bond acceptors (Lipinski definition) is 4. The molecule has 0 N–H and O–H groups in total. The summed E-state index contributed by atoms with van der Waals surface area (Å²) in [6.07, 6.45) is 1.56. The fraction of sp³-hybridized carbons (Fsp3) is 0. The molecule has 0 atom stereocenters. The van der Waals surface area contributed by atoms with Crippen molar-refractivity contribution in [3.05, 3.63) is 84.5 Å². The first-order valence-electron chi connectivity index (χ1n) is 8.33. The number of ether oxygens (including phenoxy) is 1. The summed E-state index contributed by atoms with van der Waals surface area (Å²) in [5, 5.41) is 5.40. The zero-order valence-corrected chi connectivity index (χ0v) is 14.6. The van der Waals surface area contributed by atoms with Crippen LogP contribution in [0.3, 0.4) is 0 Å². The minimum atomic E-state index is 0.588. The maximum atomic E-state index is 6.18. The lowest BCUT2D eigenvalue weighted by molar-refractivity contribution is 0.469. The Morgan fingerprint density at radius 3 is 2.46 bits per heavy atom. The Morgan fingerprint density at radius 1 is 0.769 bits per heavy atom. The second-order valence-electron chi connectivity index (χ2n) is 5.99. The Hall–Kier alpha value is -3.24. The largest absolute Gasteiger partial charge is 0.438 e. The van der Waals surface area contributed by atoms with Gasteiger partial charge in [-0.1, -0.05) is 60.7 Å². The van der Waals surface area contributed by atoms with Crippen LogP contribution in [0.25, 0.3) is 32.1 Å². The van der Waals surface area contributed by atoms with Crippen molar-refractivity contribution in [3.63, 3.8) is 0 Å². The topological polar surface area (TPSA) is 35.0 Å². The van der Waals surface area contributed by atoms with E-state index in [1.807, 2.05) is 42.5 Å². The molecular weight excluding hydrogens is 340 g/mol. The van der Waals surface area contributed by atoms with Crippen molar-refractivity contribution in [2.24, 2.45) is 0 Å². The molecule has 5 rings (SSSR count). The van der Waals surface area contributed by atoms with Crippen molar-refractivity contribution in [2.45, 2.75) is 0 Å². The number of hydrogen-bond donors (Lipinski definition) is 0. The van der Waals surface area contributed by atoms with Gasteiger partial charge in [-0.25, -0.2) is 9.97 Å². The van der Waals surface area contributed by atoms with E-state index in [9.17, 15) is 0 Å². The molecule has 0 aliphatic heterocycles. The molecule has 26 heavy (non-hydrogen) atoms. The highest BCUT2D eigenvalue weighted by Gasteiger charge is 2.14. The second-order valence-corrected chi connectivity index (χ2v) is 6.84. The summed E-state index contributed by atoms with van der Waals surface area (Å²) in [6, 6.07) is 24.6. The highest BCUT2D eigenvalue weighted by Crippen LogP contribution is 2.39. The van der Waals surface area contributed by atoms with Crippen LogP contribution in [0.2, 0.25) is 0 Å². The quantitative estimate of drug-likeness (QED) is 0.381. The van der Waals surface area contributed by atoms with E-state index in [-0.39, 0.29) is 0 Å². The summed E-state index contributed by atoms with van der Waals surface area (Å²) >= 11 is 1.60. The highest BCUT2D eigenvalue weighted by atomic mass is 32.1. The normalized spacial score (nSPS) is 11.1. The summed E-state index contributed by atoms with van der Waals surface area (Å²) in [5.74, 6) is 1.36. The number of thiophene rings is 1. The van der Waals surface area contributed by atoms with Crippen molar-refractivity contribution >= 4 is 32.3 Å². The average molecular weight is 354 g/mol. The minimum absolute atomic E-state index is 0.588. The Labute approximate surface area is 154 Å². The van der Waals surface area contributed by atoms with Crippen LogP contribution >= 0.6 is 11.3 Å². The number of aromatic nitrogens is 2. The molecule has 0 aliphatic carbocycles. The molecule has 124 valence electrons. The molecule has 2 heterocycles. The summed E-state index contributed by atoms with van der Waals surface area (Å²) in [7, 11) is 0. The van der Waals surface area contributed by atoms with E-state index < -0.39 is 0 Å². The van der Waals surface area contributed by atoms with Crippen LogP contribution in [-0.4, -0.2) is 9.97 Å². The molecule has 0 bridgehead atoms. The molecule has 0 saturated heterocycles. The molecule has 3 aromatic carbocycles. The molecule has 4 heteroatoms. The molecule has 0 fully saturated rings. The Bertz CT molecular complexity index is 1210. The number of benzene rings is 3. The number of nitrogens with zero attached hydrogens (tertiary/aromatic N) is 2. The summed E-state index contributed by atoms with van der Waals surface area (Å²) in [4.78, 5) is 9.75. The monoisotopic (exact) mass is 354 g/mol. The van der Waals surface area contributed by atoms with Crippen molar-refractivity contribution in [3.8, 4) is 22.8 Å². The van der Waals surface area contributed by atoms with Gasteiger partial charge in [-0.2, -0.15) is 0 Å². The van der Waals surface area contributed by atoms with Crippen LogP contribution in [0, 0.1) is 0 Å². The third-order valence-corrected chi connectivity index (χ3v) is 5.24. The molecule has 2 aromatic heterocycles. The van der Waals surface area contributed by atoms with E-state index in [0.717, 1.165) is 32.5 Å². The lowest BCUT2D eigenvalue weighted by atomic mass is 10.1. The number of rotatable bonds is 3. The third-order valence-electron chi connectivity index (χ3n) is 4.36. The molecule has 5 aromatic rings. The first kappa shape index (κ1) is 15.0. The molecule has 3 nitrogen and oxygen atoms in total. The summed E-state index contributed by atoms with van der Waals surface area (Å²) in [5.41, 5.74) is 2.24. The van der Waals surface area contributed by atoms with Gasteiger partial charge in [0.15, 0.2) is 0 Å². The van der Waals surface area contributed by atoms with Gasteiger partial charge in [0.05, 0.1) is 5.39 Å². The zero-order chi connectivity index (χ0) is 17.3. The maximum absolute atomic E-state index is 6.18. The first-order chi connectivity index (χ1) is 12.9. The molecule has 0 aliphatic rings. The van der Waals surface area contributed by atoms with Gasteiger partial charge < -0.3 is 4.74 Å². The van der Waals surface area contributed by atoms with E-state index in [4.69, 9.17) is 4.74 Å².